The topological polar surface area (TPSA) is 12.0 Å². The molecule has 1 unspecified atom stereocenters. The predicted molar refractivity (Wildman–Crippen MR) is 67.4 cm³/mol. The van der Waals surface area contributed by atoms with Crippen molar-refractivity contribution in [2.75, 3.05) is 19.3 Å². The van der Waals surface area contributed by atoms with Gasteiger partial charge < -0.3 is 5.32 Å². The molecule has 1 saturated heterocycles. The Bertz CT molecular complexity index is 431. The van der Waals surface area contributed by atoms with Gasteiger partial charge in [0.1, 0.15) is 5.82 Å². The molecule has 1 nitrogen and oxygen atoms in total. The first-order valence-corrected chi connectivity index (χ1v) is 7.27. The van der Waals surface area contributed by atoms with Crippen molar-refractivity contribution in [3.05, 3.63) is 29.1 Å². The third-order valence-electron chi connectivity index (χ3n) is 3.30. The molecule has 1 fully saturated rings. The van der Waals surface area contributed by atoms with Gasteiger partial charge in [-0.05, 0) is 56.2 Å². The van der Waals surface area contributed by atoms with Gasteiger partial charge in [-0.2, -0.15) is 0 Å². The van der Waals surface area contributed by atoms with Gasteiger partial charge in [-0.1, -0.05) is 0 Å². The van der Waals surface area contributed by atoms with Crippen LogP contribution < -0.4 is 5.32 Å². The third kappa shape index (κ3) is 2.83. The van der Waals surface area contributed by atoms with Crippen LogP contribution in [0.5, 0.6) is 0 Å². The van der Waals surface area contributed by atoms with Gasteiger partial charge in [0.2, 0.25) is 0 Å². The maximum absolute atomic E-state index is 13.8. The second-order valence-corrected chi connectivity index (χ2v) is 5.41. The second kappa shape index (κ2) is 5.97. The summed E-state index contributed by atoms with van der Waals surface area (Å²) in [5.41, 5.74) is 0.150. The molecule has 0 spiro atoms. The van der Waals surface area contributed by atoms with Gasteiger partial charge in [0.05, 0.1) is 4.90 Å². The van der Waals surface area contributed by atoms with Crippen molar-refractivity contribution in [1.82, 2.24) is 5.32 Å². The van der Waals surface area contributed by atoms with Crippen LogP contribution in [0, 0.1) is 23.4 Å². The molecule has 5 heteroatoms. The van der Waals surface area contributed by atoms with Crippen LogP contribution in [0.1, 0.15) is 18.4 Å². The lowest BCUT2D eigenvalue weighted by Crippen LogP contribution is -2.31. The van der Waals surface area contributed by atoms with Gasteiger partial charge in [-0.15, -0.1) is 11.8 Å². The molecule has 0 bridgehead atoms. The van der Waals surface area contributed by atoms with E-state index < -0.39 is 17.5 Å². The van der Waals surface area contributed by atoms with E-state index >= 15 is 0 Å². The summed E-state index contributed by atoms with van der Waals surface area (Å²) < 4.78 is 41.0. The van der Waals surface area contributed by atoms with Crippen molar-refractivity contribution in [1.29, 1.82) is 0 Å². The fourth-order valence-electron chi connectivity index (χ4n) is 2.37. The summed E-state index contributed by atoms with van der Waals surface area (Å²) >= 11 is 0.889. The molecule has 100 valence electrons. The number of benzene rings is 1. The molecule has 0 saturated carbocycles. The summed E-state index contributed by atoms with van der Waals surface area (Å²) in [6, 6.07) is 1.14. The highest BCUT2D eigenvalue weighted by molar-refractivity contribution is 7.98. The Hall–Kier alpha value is -0.680. The zero-order valence-corrected chi connectivity index (χ0v) is 11.0. The highest BCUT2D eigenvalue weighted by Gasteiger charge is 2.21. The first-order valence-electron chi connectivity index (χ1n) is 6.04. The summed E-state index contributed by atoms with van der Waals surface area (Å²) in [7, 11) is 0. The number of nitrogens with one attached hydrogen (secondary N) is 1. The van der Waals surface area contributed by atoms with E-state index in [-0.39, 0.29) is 16.4 Å². The normalized spacial score (nSPS) is 20.1. The number of halogens is 3. The van der Waals surface area contributed by atoms with Crippen molar-refractivity contribution in [3.63, 3.8) is 0 Å². The summed E-state index contributed by atoms with van der Waals surface area (Å²) in [5.74, 6) is -2.36. The molecule has 0 aromatic heterocycles. The Morgan fingerprint density at radius 2 is 2.11 bits per heavy atom. The van der Waals surface area contributed by atoms with Crippen LogP contribution in [0.3, 0.4) is 0 Å². The fourth-order valence-corrected chi connectivity index (χ4v) is 2.89. The van der Waals surface area contributed by atoms with E-state index in [2.05, 4.69) is 5.32 Å². The molecule has 2 rings (SSSR count). The highest BCUT2D eigenvalue weighted by Crippen LogP contribution is 2.29. The van der Waals surface area contributed by atoms with Crippen molar-refractivity contribution in [3.8, 4) is 0 Å². The summed E-state index contributed by atoms with van der Waals surface area (Å²) in [6.07, 6.45) is 3.92. The lowest BCUT2D eigenvalue weighted by molar-refractivity contribution is 0.366. The van der Waals surface area contributed by atoms with E-state index in [1.807, 2.05) is 0 Å². The first-order chi connectivity index (χ1) is 8.63. The summed E-state index contributed by atoms with van der Waals surface area (Å²) in [6.45, 7) is 1.75. The summed E-state index contributed by atoms with van der Waals surface area (Å²) in [4.78, 5) is -0.238. The van der Waals surface area contributed by atoms with E-state index in [4.69, 9.17) is 0 Å². The molecule has 0 radical (unpaired) electrons. The van der Waals surface area contributed by atoms with Gasteiger partial charge >= 0.3 is 0 Å². The van der Waals surface area contributed by atoms with Crippen LogP contribution >= 0.6 is 11.8 Å². The minimum Gasteiger partial charge on any atom is -0.316 e. The minimum absolute atomic E-state index is 0.150. The van der Waals surface area contributed by atoms with Gasteiger partial charge in [-0.25, -0.2) is 13.2 Å². The number of thioether (sulfide) groups is 1. The maximum atomic E-state index is 13.8. The smallest absolute Gasteiger partial charge is 0.175 e. The van der Waals surface area contributed by atoms with Gasteiger partial charge in [0, 0.05) is 0 Å². The molecule has 0 aliphatic carbocycles. The summed E-state index contributed by atoms with van der Waals surface area (Å²) in [5, 5.41) is 3.21. The lowest BCUT2D eigenvalue weighted by atomic mass is 9.92. The van der Waals surface area contributed by atoms with E-state index in [1.165, 1.54) is 6.26 Å². The van der Waals surface area contributed by atoms with E-state index in [9.17, 15) is 13.2 Å². The molecular weight excluding hydrogens is 259 g/mol. The SMILES string of the molecule is CSc1c(F)cc(CC2CCCNC2)c(F)c1F. The van der Waals surface area contributed by atoms with Crippen LogP contribution in [0.2, 0.25) is 0 Å². The quantitative estimate of drug-likeness (QED) is 0.670. The average molecular weight is 275 g/mol. The molecule has 18 heavy (non-hydrogen) atoms. The Labute approximate surface area is 109 Å². The molecule has 1 aromatic carbocycles. The fraction of sp³-hybridized carbons (Fsp3) is 0.538. The van der Waals surface area contributed by atoms with Crippen LogP contribution in [0.25, 0.3) is 0 Å². The molecule has 1 aliphatic heterocycles. The van der Waals surface area contributed by atoms with Crippen molar-refractivity contribution in [2.45, 2.75) is 24.2 Å². The molecule has 0 amide bonds. The largest absolute Gasteiger partial charge is 0.316 e. The van der Waals surface area contributed by atoms with Crippen LogP contribution in [0.4, 0.5) is 13.2 Å². The Morgan fingerprint density at radius 3 is 2.72 bits per heavy atom. The van der Waals surface area contributed by atoms with Crippen molar-refractivity contribution >= 4 is 11.8 Å². The molecule has 1 N–H and O–H groups in total. The van der Waals surface area contributed by atoms with Crippen LogP contribution in [0.15, 0.2) is 11.0 Å². The number of piperidine rings is 1. The molecule has 1 aromatic rings. The third-order valence-corrected chi connectivity index (χ3v) is 4.09. The lowest BCUT2D eigenvalue weighted by Gasteiger charge is -2.23. The number of rotatable bonds is 3. The second-order valence-electron chi connectivity index (χ2n) is 4.60. The Kier molecular flexibility index (Phi) is 4.56. The average Bonchev–Trinajstić information content (AvgIpc) is 2.37. The monoisotopic (exact) mass is 275 g/mol. The van der Waals surface area contributed by atoms with Gasteiger partial charge in [0.15, 0.2) is 11.6 Å². The zero-order valence-electron chi connectivity index (χ0n) is 10.2. The molecule has 1 aliphatic rings. The number of hydrogen-bond acceptors (Lipinski definition) is 2. The molecular formula is C13H16F3NS. The van der Waals surface area contributed by atoms with E-state index in [1.54, 1.807) is 0 Å². The predicted octanol–water partition coefficient (Wildman–Crippen LogP) is 3.37. The highest BCUT2D eigenvalue weighted by atomic mass is 32.2. The minimum atomic E-state index is -1.05. The van der Waals surface area contributed by atoms with Crippen LogP contribution in [-0.2, 0) is 6.42 Å². The number of hydrogen-bond donors (Lipinski definition) is 1. The van der Waals surface area contributed by atoms with Crippen LogP contribution in [-0.4, -0.2) is 19.3 Å². The maximum Gasteiger partial charge on any atom is 0.175 e. The van der Waals surface area contributed by atoms with E-state index in [0.29, 0.717) is 6.42 Å². The Balaban J connectivity index is 2.22. The van der Waals surface area contributed by atoms with Crippen molar-refractivity contribution < 1.29 is 13.2 Å². The standard InChI is InChI=1S/C13H16F3NS/c1-18-13-10(14)6-9(11(15)12(13)16)5-8-3-2-4-17-7-8/h6,8,17H,2-5,7H2,1H3. The van der Waals surface area contributed by atoms with Gasteiger partial charge in [0.25, 0.3) is 0 Å². The molecule has 1 heterocycles. The first kappa shape index (κ1) is 13.7. The van der Waals surface area contributed by atoms with E-state index in [0.717, 1.165) is 43.8 Å². The van der Waals surface area contributed by atoms with Gasteiger partial charge in [-0.3, -0.25) is 0 Å². The molecule has 1 atom stereocenters. The van der Waals surface area contributed by atoms with Crippen molar-refractivity contribution in [2.24, 2.45) is 5.92 Å². The zero-order chi connectivity index (χ0) is 13.1. The Morgan fingerprint density at radius 1 is 1.33 bits per heavy atom.